The number of carbonyl (C=O) groups is 1. The first-order valence-corrected chi connectivity index (χ1v) is 13.1. The predicted molar refractivity (Wildman–Crippen MR) is 152 cm³/mol. The number of hydrogen-bond donors (Lipinski definition) is 1. The van der Waals surface area contributed by atoms with Crippen molar-refractivity contribution in [3.63, 3.8) is 0 Å². The lowest BCUT2D eigenvalue weighted by atomic mass is 10.1. The standard InChI is InChI=1S/C27H23BrIN3O4/c1-3-16(2)25-31-23-10-9-20(28)13-21(23)26(33)32(25)30-14-18-6-11-24(22(29)12-18)36-15-17-4-7-19(8-5-17)27(34)35/h4-14,16H,3,15H2,1-2H3,(H,34,35)/t16-/m0/s1. The first-order chi connectivity index (χ1) is 17.3. The lowest BCUT2D eigenvalue weighted by molar-refractivity contribution is 0.0697. The average Bonchev–Trinajstić information content (AvgIpc) is 2.87. The summed E-state index contributed by atoms with van der Waals surface area (Å²) in [5, 5.41) is 14.0. The molecule has 3 aromatic carbocycles. The molecule has 1 heterocycles. The van der Waals surface area contributed by atoms with Gasteiger partial charge in [0.25, 0.3) is 5.56 Å². The van der Waals surface area contributed by atoms with Gasteiger partial charge in [0.05, 0.1) is 26.3 Å². The average molecular weight is 660 g/mol. The van der Waals surface area contributed by atoms with E-state index in [0.29, 0.717) is 29.1 Å². The molecule has 0 aliphatic heterocycles. The van der Waals surface area contributed by atoms with Crippen molar-refractivity contribution in [2.45, 2.75) is 32.8 Å². The molecule has 0 aliphatic carbocycles. The molecule has 184 valence electrons. The number of ether oxygens (including phenoxy) is 1. The number of fused-ring (bicyclic) bond motifs is 1. The van der Waals surface area contributed by atoms with E-state index < -0.39 is 5.97 Å². The summed E-state index contributed by atoms with van der Waals surface area (Å²) in [5.74, 6) is 0.422. The molecule has 0 radical (unpaired) electrons. The SMILES string of the molecule is CC[C@H](C)c1nc2ccc(Br)cc2c(=O)n1N=Cc1ccc(OCc2ccc(C(=O)O)cc2)c(I)c1. The van der Waals surface area contributed by atoms with Crippen LogP contribution in [0.2, 0.25) is 0 Å². The zero-order chi connectivity index (χ0) is 25.8. The Morgan fingerprint density at radius 1 is 1.19 bits per heavy atom. The van der Waals surface area contributed by atoms with Gasteiger partial charge in [0.1, 0.15) is 18.2 Å². The van der Waals surface area contributed by atoms with Crippen molar-refractivity contribution in [2.24, 2.45) is 5.10 Å². The van der Waals surface area contributed by atoms with Crippen LogP contribution in [0.1, 0.15) is 53.5 Å². The van der Waals surface area contributed by atoms with Crippen LogP contribution in [0.25, 0.3) is 10.9 Å². The Balaban J connectivity index is 1.58. The van der Waals surface area contributed by atoms with Gasteiger partial charge in [0, 0.05) is 10.4 Å². The third-order valence-electron chi connectivity index (χ3n) is 5.76. The predicted octanol–water partition coefficient (Wildman–Crippen LogP) is 6.44. The monoisotopic (exact) mass is 659 g/mol. The summed E-state index contributed by atoms with van der Waals surface area (Å²) >= 11 is 5.62. The molecule has 7 nitrogen and oxygen atoms in total. The number of aromatic carboxylic acids is 1. The Hall–Kier alpha value is -3.05. The van der Waals surface area contributed by atoms with Crippen molar-refractivity contribution in [3.8, 4) is 5.75 Å². The Bertz CT molecular complexity index is 1520. The van der Waals surface area contributed by atoms with Crippen LogP contribution in [0, 0.1) is 3.57 Å². The van der Waals surface area contributed by atoms with Crippen LogP contribution >= 0.6 is 38.5 Å². The van der Waals surface area contributed by atoms with E-state index in [1.165, 1.54) is 4.68 Å². The van der Waals surface area contributed by atoms with Crippen LogP contribution < -0.4 is 10.3 Å². The summed E-state index contributed by atoms with van der Waals surface area (Å²) in [5.41, 5.74) is 2.36. The van der Waals surface area contributed by atoms with Gasteiger partial charge in [0.2, 0.25) is 0 Å². The highest BCUT2D eigenvalue weighted by atomic mass is 127. The molecule has 9 heteroatoms. The van der Waals surface area contributed by atoms with Crippen molar-refractivity contribution >= 4 is 61.6 Å². The molecule has 0 saturated carbocycles. The normalized spacial score (nSPS) is 12.2. The second-order valence-corrected chi connectivity index (χ2v) is 10.4. The molecule has 0 spiro atoms. The first kappa shape index (κ1) is 26.0. The molecule has 0 aliphatic rings. The second kappa shape index (κ2) is 11.3. The number of halogens is 2. The molecule has 1 atom stereocenters. The number of rotatable bonds is 8. The highest BCUT2D eigenvalue weighted by Crippen LogP contribution is 2.24. The molecule has 0 fully saturated rings. The van der Waals surface area contributed by atoms with Gasteiger partial charge in [-0.2, -0.15) is 9.78 Å². The fourth-order valence-electron chi connectivity index (χ4n) is 3.52. The molecular formula is C27H23BrIN3O4. The molecule has 0 saturated heterocycles. The summed E-state index contributed by atoms with van der Waals surface area (Å²) < 4.78 is 9.00. The maximum absolute atomic E-state index is 13.3. The summed E-state index contributed by atoms with van der Waals surface area (Å²) in [6.45, 7) is 4.40. The second-order valence-electron chi connectivity index (χ2n) is 8.28. The van der Waals surface area contributed by atoms with Gasteiger partial charge >= 0.3 is 5.97 Å². The number of hydrogen-bond acceptors (Lipinski definition) is 5. The Morgan fingerprint density at radius 3 is 2.61 bits per heavy atom. The van der Waals surface area contributed by atoms with Gasteiger partial charge in [0.15, 0.2) is 0 Å². The topological polar surface area (TPSA) is 93.8 Å². The molecule has 4 rings (SSSR count). The highest BCUT2D eigenvalue weighted by molar-refractivity contribution is 14.1. The number of aromatic nitrogens is 2. The van der Waals surface area contributed by atoms with Crippen LogP contribution in [0.5, 0.6) is 5.75 Å². The number of benzene rings is 3. The lowest BCUT2D eigenvalue weighted by Crippen LogP contribution is -2.23. The van der Waals surface area contributed by atoms with Crippen molar-refractivity contribution in [1.82, 2.24) is 9.66 Å². The van der Waals surface area contributed by atoms with E-state index in [1.54, 1.807) is 36.5 Å². The van der Waals surface area contributed by atoms with Crippen LogP contribution in [0.15, 0.2) is 75.0 Å². The number of carboxylic acid groups (broad SMARTS) is 1. The molecule has 4 aromatic rings. The minimum atomic E-state index is -0.958. The Labute approximate surface area is 230 Å². The van der Waals surface area contributed by atoms with Crippen LogP contribution in [-0.2, 0) is 6.61 Å². The Kier molecular flexibility index (Phi) is 8.20. The molecule has 1 N–H and O–H groups in total. The van der Waals surface area contributed by atoms with Gasteiger partial charge in [-0.15, -0.1) is 0 Å². The lowest BCUT2D eigenvalue weighted by Gasteiger charge is -2.14. The number of nitrogens with zero attached hydrogens (tertiary/aromatic N) is 3. The Morgan fingerprint density at radius 2 is 1.94 bits per heavy atom. The molecule has 0 bridgehead atoms. The first-order valence-electron chi connectivity index (χ1n) is 11.3. The third kappa shape index (κ3) is 5.84. The van der Waals surface area contributed by atoms with E-state index in [2.05, 4.69) is 50.5 Å². The fraction of sp³-hybridized carbons (Fsp3) is 0.185. The maximum atomic E-state index is 13.3. The number of carboxylic acids is 1. The zero-order valence-electron chi connectivity index (χ0n) is 19.6. The molecular weight excluding hydrogens is 637 g/mol. The van der Waals surface area contributed by atoms with E-state index in [-0.39, 0.29) is 17.0 Å². The van der Waals surface area contributed by atoms with Gasteiger partial charge in [-0.05, 0) is 88.7 Å². The molecule has 36 heavy (non-hydrogen) atoms. The zero-order valence-corrected chi connectivity index (χ0v) is 23.4. The van der Waals surface area contributed by atoms with Crippen molar-refractivity contribution in [1.29, 1.82) is 0 Å². The van der Waals surface area contributed by atoms with Gasteiger partial charge in [-0.25, -0.2) is 9.78 Å². The maximum Gasteiger partial charge on any atom is 0.335 e. The molecule has 0 amide bonds. The van der Waals surface area contributed by atoms with E-state index in [4.69, 9.17) is 14.8 Å². The highest BCUT2D eigenvalue weighted by Gasteiger charge is 2.15. The van der Waals surface area contributed by atoms with Gasteiger partial charge in [-0.1, -0.05) is 41.9 Å². The van der Waals surface area contributed by atoms with Crippen LogP contribution in [0.3, 0.4) is 0 Å². The summed E-state index contributed by atoms with van der Waals surface area (Å²) in [7, 11) is 0. The third-order valence-corrected chi connectivity index (χ3v) is 7.10. The summed E-state index contributed by atoms with van der Waals surface area (Å²) in [6.07, 6.45) is 2.47. The van der Waals surface area contributed by atoms with Crippen LogP contribution in [-0.4, -0.2) is 27.0 Å². The fourth-order valence-corrected chi connectivity index (χ4v) is 4.58. The van der Waals surface area contributed by atoms with E-state index in [0.717, 1.165) is 25.6 Å². The minimum Gasteiger partial charge on any atom is -0.488 e. The van der Waals surface area contributed by atoms with E-state index in [1.807, 2.05) is 37.3 Å². The van der Waals surface area contributed by atoms with Gasteiger partial charge < -0.3 is 9.84 Å². The quantitative estimate of drug-likeness (QED) is 0.174. The van der Waals surface area contributed by atoms with E-state index in [9.17, 15) is 9.59 Å². The van der Waals surface area contributed by atoms with Crippen molar-refractivity contribution < 1.29 is 14.6 Å². The minimum absolute atomic E-state index is 0.0587. The summed E-state index contributed by atoms with van der Waals surface area (Å²) in [6, 6.07) is 17.7. The molecule has 0 unspecified atom stereocenters. The largest absolute Gasteiger partial charge is 0.488 e. The van der Waals surface area contributed by atoms with E-state index >= 15 is 0 Å². The van der Waals surface area contributed by atoms with Crippen LogP contribution in [0.4, 0.5) is 0 Å². The van der Waals surface area contributed by atoms with Crippen molar-refractivity contribution in [3.05, 3.63) is 102 Å². The van der Waals surface area contributed by atoms with Crippen molar-refractivity contribution in [2.75, 3.05) is 0 Å². The molecule has 1 aromatic heterocycles. The smallest absolute Gasteiger partial charge is 0.335 e. The summed E-state index contributed by atoms with van der Waals surface area (Å²) in [4.78, 5) is 29.0. The van der Waals surface area contributed by atoms with Gasteiger partial charge in [-0.3, -0.25) is 4.79 Å².